The van der Waals surface area contributed by atoms with Gasteiger partial charge in [-0.05, 0) is 36.1 Å². The van der Waals surface area contributed by atoms with Crippen LogP contribution in [0.25, 0.3) is 11.1 Å². The lowest BCUT2D eigenvalue weighted by atomic mass is 9.98. The molecule has 0 fully saturated rings. The van der Waals surface area contributed by atoms with Crippen LogP contribution in [0.15, 0.2) is 85.3 Å². The van der Waals surface area contributed by atoms with Crippen LogP contribution in [0.5, 0.6) is 0 Å². The molecule has 184 valence electrons. The van der Waals surface area contributed by atoms with Gasteiger partial charge in [0, 0.05) is 30.1 Å². The molecule has 2 amide bonds. The molecule has 2 aromatic heterocycles. The number of carbonyl (C=O) groups excluding carboxylic acids is 2. The summed E-state index contributed by atoms with van der Waals surface area (Å²) in [6.07, 6.45) is 5.03. The van der Waals surface area contributed by atoms with Gasteiger partial charge in [-0.3, -0.25) is 14.3 Å². The molecule has 8 heteroatoms. The highest BCUT2D eigenvalue weighted by Gasteiger charge is 2.22. The molecule has 2 atom stereocenters. The lowest BCUT2D eigenvalue weighted by molar-refractivity contribution is -0.119. The maximum absolute atomic E-state index is 13.3. The van der Waals surface area contributed by atoms with E-state index in [9.17, 15) is 9.59 Å². The van der Waals surface area contributed by atoms with Gasteiger partial charge in [0.05, 0.1) is 6.20 Å². The van der Waals surface area contributed by atoms with Crippen molar-refractivity contribution in [2.75, 3.05) is 11.9 Å². The second kappa shape index (κ2) is 11.4. The van der Waals surface area contributed by atoms with Crippen LogP contribution in [0.1, 0.15) is 35.6 Å². The summed E-state index contributed by atoms with van der Waals surface area (Å²) in [5.74, 6) is 0.0302. The minimum Gasteiger partial charge on any atom is -0.368 e. The number of primary amides is 1. The predicted octanol–water partition coefficient (Wildman–Crippen LogP) is 3.81. The number of amides is 2. The molecule has 0 aliphatic heterocycles. The number of pyridine rings is 1. The largest absolute Gasteiger partial charge is 0.368 e. The average Bonchev–Trinajstić information content (AvgIpc) is 3.33. The van der Waals surface area contributed by atoms with Gasteiger partial charge in [0.1, 0.15) is 18.4 Å². The third-order valence-electron chi connectivity index (χ3n) is 5.97. The van der Waals surface area contributed by atoms with E-state index in [2.05, 4.69) is 58.8 Å². The normalized spacial score (nSPS) is 12.6. The van der Waals surface area contributed by atoms with Crippen molar-refractivity contribution in [3.8, 4) is 11.1 Å². The number of rotatable bonds is 10. The Morgan fingerprint density at radius 2 is 1.69 bits per heavy atom. The predicted molar refractivity (Wildman–Crippen MR) is 140 cm³/mol. The van der Waals surface area contributed by atoms with E-state index < -0.39 is 11.9 Å². The number of carbonyl (C=O) groups is 2. The van der Waals surface area contributed by atoms with E-state index in [0.29, 0.717) is 12.4 Å². The molecule has 0 aliphatic carbocycles. The van der Waals surface area contributed by atoms with Crippen LogP contribution >= 0.6 is 0 Å². The summed E-state index contributed by atoms with van der Waals surface area (Å²) in [6, 6.07) is 21.2. The molecular weight excluding hydrogens is 452 g/mol. The topological polar surface area (TPSA) is 115 Å². The minimum atomic E-state index is -0.535. The molecule has 4 rings (SSSR count). The highest BCUT2D eigenvalue weighted by atomic mass is 16.2. The van der Waals surface area contributed by atoms with Crippen molar-refractivity contribution in [3.63, 3.8) is 0 Å². The molecule has 1 unspecified atom stereocenters. The molecule has 2 aromatic carbocycles. The summed E-state index contributed by atoms with van der Waals surface area (Å²) in [6.45, 7) is 4.86. The van der Waals surface area contributed by atoms with E-state index in [1.165, 1.54) is 15.8 Å². The lowest BCUT2D eigenvalue weighted by Gasteiger charge is -2.21. The second-order valence-electron chi connectivity index (χ2n) is 8.88. The Morgan fingerprint density at radius 1 is 0.944 bits per heavy atom. The summed E-state index contributed by atoms with van der Waals surface area (Å²) < 4.78 is 1.47. The lowest BCUT2D eigenvalue weighted by Crippen LogP contribution is -2.35. The van der Waals surface area contributed by atoms with Gasteiger partial charge in [0.2, 0.25) is 11.8 Å². The third-order valence-corrected chi connectivity index (χ3v) is 5.97. The van der Waals surface area contributed by atoms with Crippen LogP contribution in [-0.4, -0.2) is 33.1 Å². The summed E-state index contributed by atoms with van der Waals surface area (Å²) in [5, 5.41) is 10.5. The van der Waals surface area contributed by atoms with Gasteiger partial charge >= 0.3 is 0 Å². The third kappa shape index (κ3) is 6.43. The van der Waals surface area contributed by atoms with E-state index >= 15 is 0 Å². The van der Waals surface area contributed by atoms with E-state index in [4.69, 9.17) is 5.73 Å². The summed E-state index contributed by atoms with van der Waals surface area (Å²) in [7, 11) is 0. The Kier molecular flexibility index (Phi) is 7.87. The van der Waals surface area contributed by atoms with Crippen LogP contribution in [0, 0.1) is 6.92 Å². The van der Waals surface area contributed by atoms with Gasteiger partial charge in [-0.1, -0.05) is 67.1 Å². The molecule has 0 saturated heterocycles. The molecule has 2 heterocycles. The van der Waals surface area contributed by atoms with E-state index in [-0.39, 0.29) is 18.4 Å². The highest BCUT2D eigenvalue weighted by molar-refractivity contribution is 5.95. The van der Waals surface area contributed by atoms with Crippen LogP contribution in [0.2, 0.25) is 0 Å². The van der Waals surface area contributed by atoms with Crippen molar-refractivity contribution >= 4 is 17.6 Å². The molecule has 0 radical (unpaired) electrons. The van der Waals surface area contributed by atoms with Gasteiger partial charge in [-0.25, -0.2) is 4.98 Å². The number of hydrogen-bond donors (Lipinski definition) is 3. The maximum Gasteiger partial charge on any atom is 0.247 e. The molecule has 0 aliphatic rings. The van der Waals surface area contributed by atoms with Gasteiger partial charge < -0.3 is 16.4 Å². The smallest absolute Gasteiger partial charge is 0.247 e. The SMILES string of the molecule is Cc1ccc(C(C)CN[C@@H](C(=O)Nc2ccc(-c3cnn(CC(N)=O)c3)cn2)c2ccccc2)cc1. The molecule has 0 spiro atoms. The number of anilines is 1. The number of hydrogen-bond acceptors (Lipinski definition) is 5. The molecule has 4 aromatic rings. The van der Waals surface area contributed by atoms with Crippen molar-refractivity contribution in [1.82, 2.24) is 20.1 Å². The molecule has 4 N–H and O–H groups in total. The van der Waals surface area contributed by atoms with E-state index in [0.717, 1.165) is 16.7 Å². The number of nitrogens with two attached hydrogens (primary N) is 1. The van der Waals surface area contributed by atoms with E-state index in [1.807, 2.05) is 36.4 Å². The fourth-order valence-electron chi connectivity index (χ4n) is 3.91. The number of benzene rings is 2. The second-order valence-corrected chi connectivity index (χ2v) is 8.88. The van der Waals surface area contributed by atoms with Crippen LogP contribution in [0.3, 0.4) is 0 Å². The van der Waals surface area contributed by atoms with Crippen LogP contribution < -0.4 is 16.4 Å². The summed E-state index contributed by atoms with van der Waals surface area (Å²) >= 11 is 0. The molecular formula is C28H30N6O2. The number of nitrogens with zero attached hydrogens (tertiary/aromatic N) is 3. The standard InChI is InChI=1S/C28H30N6O2/c1-19-8-10-21(11-9-19)20(2)14-31-27(22-6-4-3-5-7-22)28(36)33-26-13-12-23(15-30-26)24-16-32-34(17-24)18-25(29)35/h3-13,15-17,20,27,31H,14,18H2,1-2H3,(H2,29,35)(H,30,33,36)/t20?,27-/m1/s1. The van der Waals surface area contributed by atoms with Crippen molar-refractivity contribution in [1.29, 1.82) is 0 Å². The quantitative estimate of drug-likeness (QED) is 0.318. The van der Waals surface area contributed by atoms with Gasteiger partial charge in [0.15, 0.2) is 0 Å². The van der Waals surface area contributed by atoms with E-state index in [1.54, 1.807) is 24.7 Å². The first-order valence-corrected chi connectivity index (χ1v) is 11.8. The monoisotopic (exact) mass is 482 g/mol. The van der Waals surface area contributed by atoms with Crippen molar-refractivity contribution < 1.29 is 9.59 Å². The zero-order valence-corrected chi connectivity index (χ0v) is 20.4. The van der Waals surface area contributed by atoms with Crippen molar-refractivity contribution in [2.24, 2.45) is 5.73 Å². The fourth-order valence-corrected chi connectivity index (χ4v) is 3.91. The van der Waals surface area contributed by atoms with Crippen molar-refractivity contribution in [2.45, 2.75) is 32.4 Å². The Bertz CT molecular complexity index is 1300. The summed E-state index contributed by atoms with van der Waals surface area (Å²) in [4.78, 5) is 28.8. The number of aromatic nitrogens is 3. The number of nitrogens with one attached hydrogen (secondary N) is 2. The Balaban J connectivity index is 1.44. The zero-order valence-electron chi connectivity index (χ0n) is 20.4. The Hall–Kier alpha value is -4.30. The number of aryl methyl sites for hydroxylation is 1. The molecule has 0 bridgehead atoms. The van der Waals surface area contributed by atoms with Gasteiger partial charge in [-0.2, -0.15) is 5.10 Å². The van der Waals surface area contributed by atoms with Gasteiger partial charge in [-0.15, -0.1) is 0 Å². The van der Waals surface area contributed by atoms with Gasteiger partial charge in [0.25, 0.3) is 0 Å². The maximum atomic E-state index is 13.3. The minimum absolute atomic E-state index is 0.0119. The zero-order chi connectivity index (χ0) is 25.5. The Labute approximate surface area is 210 Å². The van der Waals surface area contributed by atoms with Crippen molar-refractivity contribution in [3.05, 3.63) is 102 Å². The fraction of sp³-hybridized carbons (Fsp3) is 0.214. The molecule has 8 nitrogen and oxygen atoms in total. The molecule has 0 saturated carbocycles. The first-order valence-electron chi connectivity index (χ1n) is 11.8. The highest BCUT2D eigenvalue weighted by Crippen LogP contribution is 2.21. The first-order chi connectivity index (χ1) is 17.4. The average molecular weight is 483 g/mol. The van der Waals surface area contributed by atoms with Crippen LogP contribution in [0.4, 0.5) is 5.82 Å². The molecule has 36 heavy (non-hydrogen) atoms. The summed E-state index contributed by atoms with van der Waals surface area (Å²) in [5.41, 5.74) is 10.2. The first kappa shape index (κ1) is 24.8. The Morgan fingerprint density at radius 3 is 2.36 bits per heavy atom. The van der Waals surface area contributed by atoms with Crippen LogP contribution in [-0.2, 0) is 16.1 Å².